The Hall–Kier alpha value is -1.65. The van der Waals surface area contributed by atoms with Gasteiger partial charge in [0.05, 0.1) is 6.10 Å². The first-order valence-corrected chi connectivity index (χ1v) is 8.86. The van der Waals surface area contributed by atoms with Crippen LogP contribution in [0.5, 0.6) is 0 Å². The molecular formula is C20H32O4. The summed E-state index contributed by atoms with van der Waals surface area (Å²) in [6.45, 7) is 2.16. The van der Waals surface area contributed by atoms with Crippen molar-refractivity contribution < 1.29 is 20.0 Å². The van der Waals surface area contributed by atoms with Gasteiger partial charge >= 0.3 is 5.97 Å². The summed E-state index contributed by atoms with van der Waals surface area (Å²) in [4.78, 5) is 14.2. The van der Waals surface area contributed by atoms with Gasteiger partial charge in [-0.05, 0) is 32.1 Å². The van der Waals surface area contributed by atoms with Crippen LogP contribution in [0.1, 0.15) is 64.7 Å². The number of carbonyl (C=O) groups is 1. The van der Waals surface area contributed by atoms with E-state index in [2.05, 4.69) is 36.1 Å². The molecule has 0 aliphatic heterocycles. The summed E-state index contributed by atoms with van der Waals surface area (Å²) in [7, 11) is 0. The van der Waals surface area contributed by atoms with Gasteiger partial charge in [-0.1, -0.05) is 74.8 Å². The summed E-state index contributed by atoms with van der Waals surface area (Å²) in [5, 5.41) is 17.8. The highest BCUT2D eigenvalue weighted by Crippen LogP contribution is 2.04. The van der Waals surface area contributed by atoms with Crippen LogP contribution in [0.3, 0.4) is 0 Å². The molecule has 4 heteroatoms. The lowest BCUT2D eigenvalue weighted by Gasteiger charge is -2.02. The minimum absolute atomic E-state index is 0.238. The molecule has 0 aliphatic rings. The van der Waals surface area contributed by atoms with Crippen molar-refractivity contribution in [3.63, 3.8) is 0 Å². The van der Waals surface area contributed by atoms with E-state index in [1.165, 1.54) is 12.8 Å². The van der Waals surface area contributed by atoms with Crippen molar-refractivity contribution >= 4 is 5.97 Å². The summed E-state index contributed by atoms with van der Waals surface area (Å²) in [6, 6.07) is 0. The predicted octanol–water partition coefficient (Wildman–Crippen LogP) is 5.12. The van der Waals surface area contributed by atoms with Gasteiger partial charge < -0.3 is 9.99 Å². The number of allylic oxidation sites excluding steroid dienone is 7. The molecule has 0 amide bonds. The number of hydrogen-bond donors (Lipinski definition) is 2. The number of aliphatic hydroxyl groups is 1. The standard InChI is InChI=1S/C20H32O4/c1-2-3-13-16-19(21)17-14-11-9-7-5-4-6-8-10-12-15-18-20(22)24-23/h4-5,8-11,14,17,19,21,23H,2-3,6-7,12-13,15-16,18H2,1H3/t19-/m0/s1. The van der Waals surface area contributed by atoms with Crippen LogP contribution >= 0.6 is 0 Å². The van der Waals surface area contributed by atoms with Crippen LogP contribution in [0.25, 0.3) is 0 Å². The van der Waals surface area contributed by atoms with Crippen molar-refractivity contribution in [3.8, 4) is 0 Å². The number of hydrogen-bond acceptors (Lipinski definition) is 4. The fourth-order valence-electron chi connectivity index (χ4n) is 2.02. The van der Waals surface area contributed by atoms with Crippen molar-refractivity contribution in [1.82, 2.24) is 0 Å². The van der Waals surface area contributed by atoms with E-state index in [4.69, 9.17) is 5.26 Å². The first-order valence-electron chi connectivity index (χ1n) is 8.86. The van der Waals surface area contributed by atoms with Crippen LogP contribution in [-0.2, 0) is 9.68 Å². The second kappa shape index (κ2) is 17.7. The lowest BCUT2D eigenvalue weighted by molar-refractivity contribution is -0.234. The van der Waals surface area contributed by atoms with Gasteiger partial charge in [0.25, 0.3) is 0 Å². The highest BCUT2D eigenvalue weighted by Gasteiger charge is 1.98. The maximum atomic E-state index is 10.7. The molecule has 2 N–H and O–H groups in total. The Morgan fingerprint density at radius 1 is 1.00 bits per heavy atom. The van der Waals surface area contributed by atoms with E-state index in [1.807, 2.05) is 24.3 Å². The number of carbonyl (C=O) groups excluding carboxylic acids is 1. The molecule has 4 nitrogen and oxygen atoms in total. The van der Waals surface area contributed by atoms with Gasteiger partial charge in [-0.25, -0.2) is 4.79 Å². The van der Waals surface area contributed by atoms with E-state index in [-0.39, 0.29) is 12.5 Å². The third kappa shape index (κ3) is 16.7. The Kier molecular flexibility index (Phi) is 16.5. The molecule has 0 bridgehead atoms. The predicted molar refractivity (Wildman–Crippen MR) is 98.5 cm³/mol. The molecule has 0 aromatic rings. The van der Waals surface area contributed by atoms with Gasteiger partial charge in [0.2, 0.25) is 0 Å². The fraction of sp³-hybridized carbons (Fsp3) is 0.550. The van der Waals surface area contributed by atoms with Crippen molar-refractivity contribution in [2.24, 2.45) is 0 Å². The average Bonchev–Trinajstić information content (AvgIpc) is 2.58. The van der Waals surface area contributed by atoms with Gasteiger partial charge in [0.15, 0.2) is 0 Å². The Morgan fingerprint density at radius 2 is 1.71 bits per heavy atom. The van der Waals surface area contributed by atoms with Crippen LogP contribution in [0, 0.1) is 0 Å². The van der Waals surface area contributed by atoms with E-state index >= 15 is 0 Å². The first kappa shape index (κ1) is 22.4. The molecule has 0 unspecified atom stereocenters. The van der Waals surface area contributed by atoms with Gasteiger partial charge in [-0.2, -0.15) is 5.26 Å². The van der Waals surface area contributed by atoms with Crippen molar-refractivity contribution in [1.29, 1.82) is 0 Å². The molecular weight excluding hydrogens is 304 g/mol. The Morgan fingerprint density at radius 3 is 2.42 bits per heavy atom. The zero-order chi connectivity index (χ0) is 17.9. The van der Waals surface area contributed by atoms with Gasteiger partial charge in [0, 0.05) is 6.42 Å². The van der Waals surface area contributed by atoms with Gasteiger partial charge in [0.1, 0.15) is 0 Å². The van der Waals surface area contributed by atoms with Crippen LogP contribution in [0.2, 0.25) is 0 Å². The minimum atomic E-state index is -0.586. The van der Waals surface area contributed by atoms with Crippen LogP contribution in [0.15, 0.2) is 48.6 Å². The SMILES string of the molecule is CCCCC[C@H](O)C=CC=CCC=CCC=CCCCC(=O)OO. The maximum absolute atomic E-state index is 10.7. The number of rotatable bonds is 14. The second-order valence-corrected chi connectivity index (χ2v) is 5.65. The van der Waals surface area contributed by atoms with E-state index in [0.29, 0.717) is 6.42 Å². The fourth-order valence-corrected chi connectivity index (χ4v) is 2.02. The molecule has 0 heterocycles. The monoisotopic (exact) mass is 336 g/mol. The summed E-state index contributed by atoms with van der Waals surface area (Å²) < 4.78 is 0. The van der Waals surface area contributed by atoms with Crippen LogP contribution < -0.4 is 0 Å². The van der Waals surface area contributed by atoms with E-state index in [9.17, 15) is 9.90 Å². The molecule has 0 fully saturated rings. The van der Waals surface area contributed by atoms with E-state index < -0.39 is 5.97 Å². The first-order chi connectivity index (χ1) is 11.7. The molecule has 24 heavy (non-hydrogen) atoms. The third-order valence-electron chi connectivity index (χ3n) is 3.42. The highest BCUT2D eigenvalue weighted by molar-refractivity contribution is 5.68. The molecule has 0 rings (SSSR count). The maximum Gasteiger partial charge on any atom is 0.342 e. The van der Waals surface area contributed by atoms with Gasteiger partial charge in [-0.3, -0.25) is 0 Å². The van der Waals surface area contributed by atoms with Gasteiger partial charge in [-0.15, -0.1) is 0 Å². The van der Waals surface area contributed by atoms with E-state index in [0.717, 1.165) is 32.1 Å². The molecule has 0 spiro atoms. The molecule has 0 saturated carbocycles. The van der Waals surface area contributed by atoms with Crippen LogP contribution in [-0.4, -0.2) is 22.4 Å². The minimum Gasteiger partial charge on any atom is -0.389 e. The van der Waals surface area contributed by atoms with Crippen molar-refractivity contribution in [2.75, 3.05) is 0 Å². The third-order valence-corrected chi connectivity index (χ3v) is 3.42. The molecule has 0 aliphatic carbocycles. The Bertz CT molecular complexity index is 408. The van der Waals surface area contributed by atoms with E-state index in [1.54, 1.807) is 0 Å². The topological polar surface area (TPSA) is 66.8 Å². The second-order valence-electron chi connectivity index (χ2n) is 5.65. The summed E-state index contributed by atoms with van der Waals surface area (Å²) in [5.74, 6) is -0.586. The Labute approximate surface area is 146 Å². The highest BCUT2D eigenvalue weighted by atomic mass is 17.1. The van der Waals surface area contributed by atoms with Crippen molar-refractivity contribution in [3.05, 3.63) is 48.6 Å². The molecule has 0 aromatic heterocycles. The molecule has 0 radical (unpaired) electrons. The average molecular weight is 336 g/mol. The van der Waals surface area contributed by atoms with Crippen LogP contribution in [0.4, 0.5) is 0 Å². The normalized spacial score (nSPS) is 13.6. The zero-order valence-corrected chi connectivity index (χ0v) is 14.8. The smallest absolute Gasteiger partial charge is 0.342 e. The summed E-state index contributed by atoms with van der Waals surface area (Å²) >= 11 is 0. The number of unbranched alkanes of at least 4 members (excludes halogenated alkanes) is 3. The summed E-state index contributed by atoms with van der Waals surface area (Å²) in [6.07, 6.45) is 23.4. The largest absolute Gasteiger partial charge is 0.389 e. The Balaban J connectivity index is 3.58. The molecule has 0 saturated heterocycles. The summed E-state index contributed by atoms with van der Waals surface area (Å²) in [5.41, 5.74) is 0. The molecule has 1 atom stereocenters. The number of aliphatic hydroxyl groups excluding tert-OH is 1. The molecule has 0 aromatic carbocycles. The zero-order valence-electron chi connectivity index (χ0n) is 14.8. The lowest BCUT2D eigenvalue weighted by atomic mass is 10.1. The lowest BCUT2D eigenvalue weighted by Crippen LogP contribution is -2.00. The molecule has 136 valence electrons. The van der Waals surface area contributed by atoms with Crippen molar-refractivity contribution in [2.45, 2.75) is 70.8 Å². The quantitative estimate of drug-likeness (QED) is 0.152.